The van der Waals surface area contributed by atoms with Crippen LogP contribution in [0.1, 0.15) is 43.5 Å². The summed E-state index contributed by atoms with van der Waals surface area (Å²) in [6, 6.07) is 18.7. The third-order valence-corrected chi connectivity index (χ3v) is 4.11. The second-order valence-electron chi connectivity index (χ2n) is 6.81. The van der Waals surface area contributed by atoms with Crippen LogP contribution in [0.15, 0.2) is 60.8 Å². The fraction of sp³-hybridized carbons (Fsp3) is 0.250. The lowest BCUT2D eigenvalue weighted by Crippen LogP contribution is -2.14. The standard InChI is InChI=1S/C20H22N2/c1-20(2,3)17-10-8-14(9-11-17)19(21)16-12-15-6-4-5-7-18(15)22-13-16/h4-13,19H,21H2,1-3H3. The Bertz CT molecular complexity index is 783. The van der Waals surface area contributed by atoms with E-state index >= 15 is 0 Å². The van der Waals surface area contributed by atoms with Crippen molar-refractivity contribution in [2.45, 2.75) is 32.2 Å². The van der Waals surface area contributed by atoms with Gasteiger partial charge in [0.1, 0.15) is 0 Å². The SMILES string of the molecule is CC(C)(C)c1ccc(C(N)c2cnc3ccccc3c2)cc1. The van der Waals surface area contributed by atoms with Gasteiger partial charge in [0, 0.05) is 11.6 Å². The van der Waals surface area contributed by atoms with Gasteiger partial charge in [-0.25, -0.2) is 0 Å². The smallest absolute Gasteiger partial charge is 0.0702 e. The van der Waals surface area contributed by atoms with E-state index in [-0.39, 0.29) is 11.5 Å². The lowest BCUT2D eigenvalue weighted by atomic mass is 9.86. The molecule has 112 valence electrons. The van der Waals surface area contributed by atoms with Crippen molar-refractivity contribution in [3.63, 3.8) is 0 Å². The van der Waals surface area contributed by atoms with Crippen molar-refractivity contribution < 1.29 is 0 Å². The van der Waals surface area contributed by atoms with E-state index in [1.54, 1.807) is 0 Å². The Kier molecular flexibility index (Phi) is 3.71. The Hall–Kier alpha value is -2.19. The first-order chi connectivity index (χ1) is 10.4. The van der Waals surface area contributed by atoms with Crippen molar-refractivity contribution in [1.82, 2.24) is 4.98 Å². The number of nitrogens with zero attached hydrogens (tertiary/aromatic N) is 1. The van der Waals surface area contributed by atoms with Gasteiger partial charge >= 0.3 is 0 Å². The van der Waals surface area contributed by atoms with Crippen molar-refractivity contribution in [3.05, 3.63) is 77.5 Å². The average molecular weight is 290 g/mol. The van der Waals surface area contributed by atoms with Gasteiger partial charge < -0.3 is 5.73 Å². The van der Waals surface area contributed by atoms with Crippen LogP contribution < -0.4 is 5.73 Å². The van der Waals surface area contributed by atoms with Gasteiger partial charge in [0.05, 0.1) is 11.6 Å². The van der Waals surface area contributed by atoms with Gasteiger partial charge in [-0.15, -0.1) is 0 Å². The Labute approximate surface area is 132 Å². The fourth-order valence-corrected chi connectivity index (χ4v) is 2.64. The first-order valence-corrected chi connectivity index (χ1v) is 7.66. The molecule has 0 saturated heterocycles. The highest BCUT2D eigenvalue weighted by molar-refractivity contribution is 5.78. The average Bonchev–Trinajstić information content (AvgIpc) is 2.53. The lowest BCUT2D eigenvalue weighted by Gasteiger charge is -2.20. The number of rotatable bonds is 2. The van der Waals surface area contributed by atoms with Gasteiger partial charge in [-0.2, -0.15) is 0 Å². The molecular formula is C20H22N2. The molecule has 0 aliphatic heterocycles. The number of hydrogen-bond donors (Lipinski definition) is 1. The van der Waals surface area contributed by atoms with Crippen LogP contribution in [0.25, 0.3) is 10.9 Å². The molecule has 0 amide bonds. The second-order valence-corrected chi connectivity index (χ2v) is 6.81. The maximum absolute atomic E-state index is 6.43. The van der Waals surface area contributed by atoms with Crippen molar-refractivity contribution in [3.8, 4) is 0 Å². The molecule has 0 spiro atoms. The minimum absolute atomic E-state index is 0.147. The maximum Gasteiger partial charge on any atom is 0.0702 e. The molecule has 2 nitrogen and oxygen atoms in total. The molecule has 0 radical (unpaired) electrons. The molecule has 1 atom stereocenters. The van der Waals surface area contributed by atoms with Gasteiger partial charge in [-0.1, -0.05) is 63.2 Å². The monoisotopic (exact) mass is 290 g/mol. The van der Waals surface area contributed by atoms with E-state index in [1.165, 1.54) is 5.56 Å². The van der Waals surface area contributed by atoms with E-state index in [0.717, 1.165) is 22.0 Å². The summed E-state index contributed by atoms with van der Waals surface area (Å²) < 4.78 is 0. The van der Waals surface area contributed by atoms with Gasteiger partial charge in [0.15, 0.2) is 0 Å². The molecule has 1 aromatic heterocycles. The Morgan fingerprint density at radius 2 is 1.59 bits per heavy atom. The summed E-state index contributed by atoms with van der Waals surface area (Å²) in [4.78, 5) is 4.50. The van der Waals surface area contributed by atoms with E-state index in [0.29, 0.717) is 0 Å². The number of fused-ring (bicyclic) bond motifs is 1. The second kappa shape index (κ2) is 5.54. The zero-order valence-electron chi connectivity index (χ0n) is 13.4. The summed E-state index contributed by atoms with van der Waals surface area (Å²) in [5, 5.41) is 1.13. The van der Waals surface area contributed by atoms with Crippen LogP contribution >= 0.6 is 0 Å². The van der Waals surface area contributed by atoms with Gasteiger partial charge in [0.2, 0.25) is 0 Å². The van der Waals surface area contributed by atoms with Gasteiger partial charge in [0.25, 0.3) is 0 Å². The maximum atomic E-state index is 6.43. The van der Waals surface area contributed by atoms with Crippen LogP contribution in [0, 0.1) is 0 Å². The van der Waals surface area contributed by atoms with Crippen molar-refractivity contribution in [2.75, 3.05) is 0 Å². The van der Waals surface area contributed by atoms with Gasteiger partial charge in [-0.3, -0.25) is 4.98 Å². The topological polar surface area (TPSA) is 38.9 Å². The number of pyridine rings is 1. The van der Waals surface area contributed by atoms with Gasteiger partial charge in [-0.05, 0) is 34.2 Å². The van der Waals surface area contributed by atoms with Crippen LogP contribution in [-0.4, -0.2) is 4.98 Å². The lowest BCUT2D eigenvalue weighted by molar-refractivity contribution is 0.589. The Morgan fingerprint density at radius 1 is 0.909 bits per heavy atom. The van der Waals surface area contributed by atoms with E-state index < -0.39 is 0 Å². The Balaban J connectivity index is 1.93. The molecule has 22 heavy (non-hydrogen) atoms. The number of nitrogens with two attached hydrogens (primary N) is 1. The third kappa shape index (κ3) is 2.88. The van der Waals surface area contributed by atoms with Crippen molar-refractivity contribution in [1.29, 1.82) is 0 Å². The highest BCUT2D eigenvalue weighted by Gasteiger charge is 2.15. The molecular weight excluding hydrogens is 268 g/mol. The van der Waals surface area contributed by atoms with Crippen LogP contribution in [-0.2, 0) is 5.41 Å². The molecule has 1 heterocycles. The van der Waals surface area contributed by atoms with E-state index in [9.17, 15) is 0 Å². The number of aromatic nitrogens is 1. The fourth-order valence-electron chi connectivity index (χ4n) is 2.64. The molecule has 0 bridgehead atoms. The molecule has 0 aliphatic carbocycles. The van der Waals surface area contributed by atoms with Crippen molar-refractivity contribution >= 4 is 10.9 Å². The Morgan fingerprint density at radius 3 is 2.27 bits per heavy atom. The zero-order chi connectivity index (χ0) is 15.7. The summed E-state index contributed by atoms with van der Waals surface area (Å²) in [6.45, 7) is 6.65. The molecule has 2 aromatic carbocycles. The summed E-state index contributed by atoms with van der Waals surface area (Å²) in [5.74, 6) is 0. The zero-order valence-corrected chi connectivity index (χ0v) is 13.4. The first kappa shape index (κ1) is 14.7. The van der Waals surface area contributed by atoms with E-state index in [4.69, 9.17) is 5.73 Å². The highest BCUT2D eigenvalue weighted by Crippen LogP contribution is 2.26. The predicted molar refractivity (Wildman–Crippen MR) is 92.9 cm³/mol. The quantitative estimate of drug-likeness (QED) is 0.750. The van der Waals surface area contributed by atoms with Crippen LogP contribution in [0.3, 0.4) is 0 Å². The van der Waals surface area contributed by atoms with Crippen molar-refractivity contribution in [2.24, 2.45) is 5.73 Å². The predicted octanol–water partition coefficient (Wildman–Crippen LogP) is 4.58. The number of benzene rings is 2. The third-order valence-electron chi connectivity index (χ3n) is 4.11. The molecule has 2 heteroatoms. The molecule has 0 saturated carbocycles. The number of hydrogen-bond acceptors (Lipinski definition) is 2. The van der Waals surface area contributed by atoms with Crippen LogP contribution in [0.5, 0.6) is 0 Å². The van der Waals surface area contributed by atoms with Crippen LogP contribution in [0.4, 0.5) is 0 Å². The molecule has 2 N–H and O–H groups in total. The first-order valence-electron chi connectivity index (χ1n) is 7.66. The molecule has 0 aliphatic rings. The summed E-state index contributed by atoms with van der Waals surface area (Å²) in [5.41, 5.74) is 11.1. The van der Waals surface area contributed by atoms with E-state index in [1.807, 2.05) is 24.4 Å². The largest absolute Gasteiger partial charge is 0.320 e. The summed E-state index contributed by atoms with van der Waals surface area (Å²) >= 11 is 0. The molecule has 3 aromatic rings. The molecule has 1 unspecified atom stereocenters. The highest BCUT2D eigenvalue weighted by atomic mass is 14.7. The normalized spacial score (nSPS) is 13.3. The van der Waals surface area contributed by atoms with Crippen LogP contribution in [0.2, 0.25) is 0 Å². The molecule has 3 rings (SSSR count). The number of para-hydroxylation sites is 1. The summed E-state index contributed by atoms with van der Waals surface area (Å²) in [6.07, 6.45) is 1.88. The minimum Gasteiger partial charge on any atom is -0.320 e. The molecule has 0 fully saturated rings. The summed E-state index contributed by atoms with van der Waals surface area (Å²) in [7, 11) is 0. The van der Waals surface area contributed by atoms with E-state index in [2.05, 4.69) is 62.2 Å². The minimum atomic E-state index is -0.147.